The van der Waals surface area contributed by atoms with E-state index in [1.807, 2.05) is 31.2 Å². The molecule has 5 atom stereocenters. The normalized spacial score (nSPS) is 37.0. The van der Waals surface area contributed by atoms with E-state index in [4.69, 9.17) is 4.74 Å². The Balaban J connectivity index is 1.56. The molecule has 0 spiro atoms. The number of esters is 1. The van der Waals surface area contributed by atoms with Crippen molar-refractivity contribution in [2.75, 3.05) is 5.32 Å². The van der Waals surface area contributed by atoms with Crippen LogP contribution in [0.2, 0.25) is 0 Å². The highest BCUT2D eigenvalue weighted by atomic mass is 16.6. The summed E-state index contributed by atoms with van der Waals surface area (Å²) in [7, 11) is 0. The molecule has 4 heteroatoms. The highest BCUT2D eigenvalue weighted by Crippen LogP contribution is 2.57. The molecule has 3 aliphatic rings. The molecule has 1 aromatic rings. The van der Waals surface area contributed by atoms with Gasteiger partial charge in [0.25, 0.3) is 0 Å². The van der Waals surface area contributed by atoms with Gasteiger partial charge in [0.2, 0.25) is 5.91 Å². The van der Waals surface area contributed by atoms with E-state index in [1.54, 1.807) is 0 Å². The average Bonchev–Trinajstić information content (AvgIpc) is 2.99. The quantitative estimate of drug-likeness (QED) is 0.838. The Morgan fingerprint density at radius 2 is 2.20 bits per heavy atom. The lowest BCUT2D eigenvalue weighted by Gasteiger charge is -2.23. The SMILES string of the molecule is Cc1cccc(NC(=O)[C@@H]2[C@@H]3C[C@H]4[C@@H]2C(=O)O[C@@H]4C3)c1. The first-order valence-corrected chi connectivity index (χ1v) is 7.21. The minimum Gasteiger partial charge on any atom is -0.462 e. The minimum atomic E-state index is -0.205. The number of benzene rings is 1. The number of carbonyl (C=O) groups excluding carboxylic acids is 2. The molecule has 1 heterocycles. The van der Waals surface area contributed by atoms with E-state index in [2.05, 4.69) is 5.32 Å². The molecule has 2 bridgehead atoms. The summed E-state index contributed by atoms with van der Waals surface area (Å²) in [5.41, 5.74) is 1.91. The molecular formula is C16H17NO3. The second kappa shape index (κ2) is 4.08. The van der Waals surface area contributed by atoms with Crippen LogP contribution in [0.25, 0.3) is 0 Å². The van der Waals surface area contributed by atoms with Crippen LogP contribution in [0.1, 0.15) is 18.4 Å². The van der Waals surface area contributed by atoms with Crippen molar-refractivity contribution in [3.05, 3.63) is 29.8 Å². The van der Waals surface area contributed by atoms with Crippen molar-refractivity contribution < 1.29 is 14.3 Å². The Labute approximate surface area is 117 Å². The van der Waals surface area contributed by atoms with Crippen molar-refractivity contribution in [3.8, 4) is 0 Å². The molecule has 1 saturated heterocycles. The molecule has 0 unspecified atom stereocenters. The monoisotopic (exact) mass is 271 g/mol. The van der Waals surface area contributed by atoms with E-state index in [-0.39, 0.29) is 35.7 Å². The molecule has 0 radical (unpaired) electrons. The van der Waals surface area contributed by atoms with Gasteiger partial charge >= 0.3 is 5.97 Å². The van der Waals surface area contributed by atoms with Crippen LogP contribution in [-0.2, 0) is 14.3 Å². The molecule has 0 aromatic heterocycles. The van der Waals surface area contributed by atoms with Crippen LogP contribution in [0.15, 0.2) is 24.3 Å². The summed E-state index contributed by atoms with van der Waals surface area (Å²) in [5.74, 6) is -0.00266. The van der Waals surface area contributed by atoms with E-state index in [0.29, 0.717) is 5.92 Å². The van der Waals surface area contributed by atoms with Gasteiger partial charge in [-0.1, -0.05) is 12.1 Å². The molecule has 2 saturated carbocycles. The number of fused-ring (bicyclic) bond motifs is 1. The third-order valence-corrected chi connectivity index (χ3v) is 5.07. The van der Waals surface area contributed by atoms with Gasteiger partial charge in [0, 0.05) is 11.6 Å². The van der Waals surface area contributed by atoms with Crippen LogP contribution >= 0.6 is 0 Å². The summed E-state index contributed by atoms with van der Waals surface area (Å²) in [6.45, 7) is 1.99. The summed E-state index contributed by atoms with van der Waals surface area (Å²) in [6, 6.07) is 7.74. The van der Waals surface area contributed by atoms with Gasteiger partial charge in [-0.15, -0.1) is 0 Å². The zero-order valence-electron chi connectivity index (χ0n) is 11.3. The van der Waals surface area contributed by atoms with Crippen molar-refractivity contribution >= 4 is 17.6 Å². The molecule has 1 aliphatic heterocycles. The second-order valence-corrected chi connectivity index (χ2v) is 6.28. The Hall–Kier alpha value is -1.84. The highest BCUT2D eigenvalue weighted by Gasteiger charge is 2.63. The maximum atomic E-state index is 12.5. The summed E-state index contributed by atoms with van der Waals surface area (Å²) in [4.78, 5) is 24.4. The van der Waals surface area contributed by atoms with Gasteiger partial charge in [0.1, 0.15) is 6.10 Å². The van der Waals surface area contributed by atoms with Gasteiger partial charge in [-0.05, 0) is 43.4 Å². The number of rotatable bonds is 2. The molecule has 1 amide bonds. The number of anilines is 1. The number of carbonyl (C=O) groups is 2. The molecule has 104 valence electrons. The van der Waals surface area contributed by atoms with Crippen LogP contribution in [0.5, 0.6) is 0 Å². The number of ether oxygens (including phenoxy) is 1. The van der Waals surface area contributed by atoms with Crippen molar-refractivity contribution in [1.82, 2.24) is 0 Å². The molecule has 2 aliphatic carbocycles. The standard InChI is InChI=1S/C16H17NO3/c1-8-3-2-4-10(5-8)17-15(18)13-9-6-11-12(7-9)20-16(19)14(11)13/h2-5,9,11-14H,6-7H2,1H3,(H,17,18)/t9-,11-,12-,13-,14+/m1/s1. The molecule has 4 nitrogen and oxygen atoms in total. The highest BCUT2D eigenvalue weighted by molar-refractivity contribution is 5.97. The summed E-state index contributed by atoms with van der Waals surface area (Å²) < 4.78 is 5.37. The number of amides is 1. The van der Waals surface area contributed by atoms with Crippen LogP contribution < -0.4 is 5.32 Å². The smallest absolute Gasteiger partial charge is 0.310 e. The first kappa shape index (κ1) is 11.9. The Morgan fingerprint density at radius 1 is 1.35 bits per heavy atom. The van der Waals surface area contributed by atoms with Crippen molar-refractivity contribution in [3.63, 3.8) is 0 Å². The van der Waals surface area contributed by atoms with Crippen molar-refractivity contribution in [1.29, 1.82) is 0 Å². The number of nitrogens with one attached hydrogen (secondary N) is 1. The number of hydrogen-bond donors (Lipinski definition) is 1. The maximum Gasteiger partial charge on any atom is 0.310 e. The summed E-state index contributed by atoms with van der Waals surface area (Å²) >= 11 is 0. The van der Waals surface area contributed by atoms with Crippen LogP contribution in [0.3, 0.4) is 0 Å². The van der Waals surface area contributed by atoms with E-state index in [1.165, 1.54) is 0 Å². The van der Waals surface area contributed by atoms with Crippen molar-refractivity contribution in [2.45, 2.75) is 25.9 Å². The van der Waals surface area contributed by atoms with E-state index < -0.39 is 0 Å². The summed E-state index contributed by atoms with van der Waals surface area (Å²) in [5, 5.41) is 2.97. The van der Waals surface area contributed by atoms with Gasteiger partial charge in [-0.25, -0.2) is 0 Å². The van der Waals surface area contributed by atoms with E-state index >= 15 is 0 Å². The van der Waals surface area contributed by atoms with E-state index in [9.17, 15) is 9.59 Å². The lowest BCUT2D eigenvalue weighted by Crippen LogP contribution is -2.35. The minimum absolute atomic E-state index is 0.0228. The lowest BCUT2D eigenvalue weighted by molar-refractivity contribution is -0.145. The van der Waals surface area contributed by atoms with Crippen LogP contribution in [-0.4, -0.2) is 18.0 Å². The van der Waals surface area contributed by atoms with Crippen molar-refractivity contribution in [2.24, 2.45) is 23.7 Å². The van der Waals surface area contributed by atoms with Gasteiger partial charge in [-0.2, -0.15) is 0 Å². The summed E-state index contributed by atoms with van der Waals surface area (Å²) in [6.07, 6.45) is 1.91. The third kappa shape index (κ3) is 1.60. The molecule has 20 heavy (non-hydrogen) atoms. The van der Waals surface area contributed by atoms with Gasteiger partial charge in [-0.3, -0.25) is 9.59 Å². The number of aryl methyl sites for hydroxylation is 1. The predicted molar refractivity (Wildman–Crippen MR) is 72.9 cm³/mol. The third-order valence-electron chi connectivity index (χ3n) is 5.07. The average molecular weight is 271 g/mol. The fraction of sp³-hybridized carbons (Fsp3) is 0.500. The Kier molecular flexibility index (Phi) is 2.43. The molecular weight excluding hydrogens is 254 g/mol. The first-order valence-electron chi connectivity index (χ1n) is 7.21. The zero-order chi connectivity index (χ0) is 13.9. The topological polar surface area (TPSA) is 55.4 Å². The Bertz CT molecular complexity index is 595. The van der Waals surface area contributed by atoms with Gasteiger partial charge in [0.15, 0.2) is 0 Å². The van der Waals surface area contributed by atoms with Crippen LogP contribution in [0, 0.1) is 30.6 Å². The zero-order valence-corrected chi connectivity index (χ0v) is 11.3. The maximum absolute atomic E-state index is 12.5. The molecule has 1 aromatic carbocycles. The van der Waals surface area contributed by atoms with Gasteiger partial charge in [0.05, 0.1) is 11.8 Å². The largest absolute Gasteiger partial charge is 0.462 e. The fourth-order valence-corrected chi connectivity index (χ4v) is 4.31. The predicted octanol–water partition coefficient (Wildman–Crippen LogP) is 2.13. The Morgan fingerprint density at radius 3 is 3.00 bits per heavy atom. The van der Waals surface area contributed by atoms with Crippen LogP contribution in [0.4, 0.5) is 5.69 Å². The van der Waals surface area contributed by atoms with E-state index in [0.717, 1.165) is 24.1 Å². The lowest BCUT2D eigenvalue weighted by atomic mass is 9.79. The molecule has 3 fully saturated rings. The fourth-order valence-electron chi connectivity index (χ4n) is 4.31. The second-order valence-electron chi connectivity index (χ2n) is 6.28. The molecule has 1 N–H and O–H groups in total. The van der Waals surface area contributed by atoms with Gasteiger partial charge < -0.3 is 10.1 Å². The first-order chi connectivity index (χ1) is 9.63. The number of hydrogen-bond acceptors (Lipinski definition) is 3. The molecule has 4 rings (SSSR count).